The fraction of sp³-hybridized carbons (Fsp3) is 0.467. The summed E-state index contributed by atoms with van der Waals surface area (Å²) in [5.41, 5.74) is 1.51. The first-order chi connectivity index (χ1) is 9.47. The van der Waals surface area contributed by atoms with Crippen molar-refractivity contribution in [1.82, 2.24) is 5.32 Å². The molecule has 2 unspecified atom stereocenters. The van der Waals surface area contributed by atoms with E-state index in [1.165, 1.54) is 0 Å². The van der Waals surface area contributed by atoms with E-state index in [4.69, 9.17) is 5.11 Å². The van der Waals surface area contributed by atoms with E-state index in [1.54, 1.807) is 12.1 Å². The van der Waals surface area contributed by atoms with Gasteiger partial charge in [-0.05, 0) is 13.3 Å². The van der Waals surface area contributed by atoms with Crippen molar-refractivity contribution < 1.29 is 19.8 Å². The molecule has 0 saturated heterocycles. The largest absolute Gasteiger partial charge is 0.481 e. The highest BCUT2D eigenvalue weighted by molar-refractivity contribution is 6.01. The molecule has 0 aromatic heterocycles. The van der Waals surface area contributed by atoms with E-state index in [2.05, 4.69) is 5.32 Å². The number of carbonyl (C=O) groups is 2. The minimum Gasteiger partial charge on any atom is -0.481 e. The number of hydrogen-bond donors (Lipinski definition) is 3. The van der Waals surface area contributed by atoms with Crippen molar-refractivity contribution in [3.05, 3.63) is 35.4 Å². The number of carbonyl (C=O) groups excluding carboxylic acids is 1. The van der Waals surface area contributed by atoms with E-state index in [0.717, 1.165) is 5.56 Å². The predicted octanol–water partition coefficient (Wildman–Crippen LogP) is 1.38. The quantitative estimate of drug-likeness (QED) is 0.626. The maximum absolute atomic E-state index is 12.4. The maximum Gasteiger partial charge on any atom is 0.305 e. The van der Waals surface area contributed by atoms with Crippen LogP contribution < -0.4 is 5.32 Å². The standard InChI is InChI=1S/C15H21NO4/c1-3-12(9-17)16-13(8-14(18)19)15(20)11-6-4-10(2)5-7-11/h4-7,12-13,16-17H,3,8-9H2,1-2H3,(H,18,19). The monoisotopic (exact) mass is 279 g/mol. The number of aliphatic hydroxyl groups is 1. The highest BCUT2D eigenvalue weighted by Gasteiger charge is 2.24. The minimum atomic E-state index is -1.05. The molecule has 0 fully saturated rings. The van der Waals surface area contributed by atoms with Crippen LogP contribution in [0, 0.1) is 6.92 Å². The lowest BCUT2D eigenvalue weighted by Gasteiger charge is -2.21. The van der Waals surface area contributed by atoms with Crippen LogP contribution in [0.2, 0.25) is 0 Å². The molecule has 5 heteroatoms. The summed E-state index contributed by atoms with van der Waals surface area (Å²) in [6.07, 6.45) is 0.316. The van der Waals surface area contributed by atoms with Gasteiger partial charge in [-0.15, -0.1) is 0 Å². The first-order valence-electron chi connectivity index (χ1n) is 6.67. The van der Waals surface area contributed by atoms with Crippen LogP contribution in [0.4, 0.5) is 0 Å². The Balaban J connectivity index is 2.88. The lowest BCUT2D eigenvalue weighted by molar-refractivity contribution is -0.137. The van der Waals surface area contributed by atoms with Crippen LogP contribution in [0.15, 0.2) is 24.3 Å². The van der Waals surface area contributed by atoms with Gasteiger partial charge in [-0.25, -0.2) is 0 Å². The topological polar surface area (TPSA) is 86.6 Å². The lowest BCUT2D eigenvalue weighted by Crippen LogP contribution is -2.46. The summed E-state index contributed by atoms with van der Waals surface area (Å²) in [7, 11) is 0. The predicted molar refractivity (Wildman–Crippen MR) is 75.9 cm³/mol. The Hall–Kier alpha value is -1.72. The zero-order chi connectivity index (χ0) is 15.1. The van der Waals surface area contributed by atoms with Gasteiger partial charge in [-0.1, -0.05) is 36.8 Å². The molecule has 0 saturated carbocycles. The molecular formula is C15H21NO4. The average molecular weight is 279 g/mol. The van der Waals surface area contributed by atoms with E-state index in [0.29, 0.717) is 12.0 Å². The maximum atomic E-state index is 12.4. The Labute approximate surface area is 118 Å². The summed E-state index contributed by atoms with van der Waals surface area (Å²) in [5, 5.41) is 21.0. The molecule has 0 aliphatic carbocycles. The Morgan fingerprint density at radius 1 is 1.25 bits per heavy atom. The number of hydrogen-bond acceptors (Lipinski definition) is 4. The second-order valence-corrected chi connectivity index (χ2v) is 4.84. The molecule has 1 aromatic rings. The molecule has 2 atom stereocenters. The molecule has 0 aliphatic heterocycles. The average Bonchev–Trinajstić information content (AvgIpc) is 2.43. The molecular weight excluding hydrogens is 258 g/mol. The van der Waals surface area contributed by atoms with E-state index in [9.17, 15) is 14.7 Å². The minimum absolute atomic E-state index is 0.131. The first-order valence-corrected chi connectivity index (χ1v) is 6.67. The lowest BCUT2D eigenvalue weighted by atomic mass is 9.99. The number of nitrogens with one attached hydrogen (secondary N) is 1. The second-order valence-electron chi connectivity index (χ2n) is 4.84. The van der Waals surface area contributed by atoms with E-state index < -0.39 is 12.0 Å². The van der Waals surface area contributed by atoms with Gasteiger partial charge in [0.2, 0.25) is 0 Å². The normalized spacial score (nSPS) is 13.8. The first kappa shape index (κ1) is 16.3. The molecule has 0 bridgehead atoms. The summed E-state index contributed by atoms with van der Waals surface area (Å²) in [4.78, 5) is 23.3. The van der Waals surface area contributed by atoms with Gasteiger partial charge in [-0.3, -0.25) is 9.59 Å². The van der Waals surface area contributed by atoms with Gasteiger partial charge in [0.05, 0.1) is 19.1 Å². The Morgan fingerprint density at radius 3 is 2.30 bits per heavy atom. The highest BCUT2D eigenvalue weighted by Crippen LogP contribution is 2.10. The van der Waals surface area contributed by atoms with Gasteiger partial charge in [0.25, 0.3) is 0 Å². The van der Waals surface area contributed by atoms with E-state index in [1.807, 2.05) is 26.0 Å². The van der Waals surface area contributed by atoms with Gasteiger partial charge in [0.1, 0.15) is 0 Å². The summed E-state index contributed by atoms with van der Waals surface area (Å²) < 4.78 is 0. The zero-order valence-corrected chi connectivity index (χ0v) is 11.8. The van der Waals surface area contributed by atoms with Crippen LogP contribution in [-0.2, 0) is 4.79 Å². The summed E-state index contributed by atoms with van der Waals surface area (Å²) in [6, 6.07) is 5.89. The number of aliphatic carboxylic acids is 1. The Bertz CT molecular complexity index is 451. The third-order valence-electron chi connectivity index (χ3n) is 3.18. The molecule has 1 rings (SSSR count). The molecule has 0 heterocycles. The molecule has 0 radical (unpaired) electrons. The SMILES string of the molecule is CCC(CO)NC(CC(=O)O)C(=O)c1ccc(C)cc1. The van der Waals surface area contributed by atoms with Crippen LogP contribution in [0.1, 0.15) is 35.7 Å². The number of carboxylic acid groups (broad SMARTS) is 1. The number of rotatable bonds is 8. The van der Waals surface area contributed by atoms with Crippen molar-refractivity contribution in [2.45, 2.75) is 38.8 Å². The second kappa shape index (κ2) is 7.77. The van der Waals surface area contributed by atoms with Gasteiger partial charge >= 0.3 is 5.97 Å². The zero-order valence-electron chi connectivity index (χ0n) is 11.8. The highest BCUT2D eigenvalue weighted by atomic mass is 16.4. The van der Waals surface area contributed by atoms with E-state index in [-0.39, 0.29) is 24.9 Å². The number of ketones is 1. The molecule has 5 nitrogen and oxygen atoms in total. The van der Waals surface area contributed by atoms with Gasteiger partial charge in [0.15, 0.2) is 5.78 Å². The van der Waals surface area contributed by atoms with Crippen molar-refractivity contribution in [3.63, 3.8) is 0 Å². The van der Waals surface area contributed by atoms with E-state index >= 15 is 0 Å². The molecule has 3 N–H and O–H groups in total. The number of aryl methyl sites for hydroxylation is 1. The van der Waals surface area contributed by atoms with Gasteiger partial charge in [0, 0.05) is 11.6 Å². The van der Waals surface area contributed by atoms with Crippen LogP contribution in [0.3, 0.4) is 0 Å². The summed E-state index contributed by atoms with van der Waals surface area (Å²) >= 11 is 0. The smallest absolute Gasteiger partial charge is 0.305 e. The van der Waals surface area contributed by atoms with Gasteiger partial charge < -0.3 is 15.5 Å². The summed E-state index contributed by atoms with van der Waals surface area (Å²) in [6.45, 7) is 3.65. The van der Waals surface area contributed by atoms with Crippen LogP contribution in [-0.4, -0.2) is 40.7 Å². The summed E-state index contributed by atoms with van der Waals surface area (Å²) in [5.74, 6) is -1.31. The third kappa shape index (κ3) is 4.75. The van der Waals surface area contributed by atoms with Crippen molar-refractivity contribution in [1.29, 1.82) is 0 Å². The molecule has 0 amide bonds. The van der Waals surface area contributed by atoms with Crippen molar-refractivity contribution in [3.8, 4) is 0 Å². The Kier molecular flexibility index (Phi) is 6.35. The van der Waals surface area contributed by atoms with Crippen molar-refractivity contribution in [2.24, 2.45) is 0 Å². The molecule has 20 heavy (non-hydrogen) atoms. The van der Waals surface area contributed by atoms with Gasteiger partial charge in [-0.2, -0.15) is 0 Å². The van der Waals surface area contributed by atoms with Crippen molar-refractivity contribution >= 4 is 11.8 Å². The fourth-order valence-corrected chi connectivity index (χ4v) is 1.91. The van der Waals surface area contributed by atoms with Crippen molar-refractivity contribution in [2.75, 3.05) is 6.61 Å². The number of benzene rings is 1. The number of carboxylic acids is 1. The molecule has 0 aliphatic rings. The third-order valence-corrected chi connectivity index (χ3v) is 3.18. The van der Waals surface area contributed by atoms with Crippen LogP contribution in [0.5, 0.6) is 0 Å². The molecule has 110 valence electrons. The number of aliphatic hydroxyl groups excluding tert-OH is 1. The van der Waals surface area contributed by atoms with Crippen LogP contribution in [0.25, 0.3) is 0 Å². The fourth-order valence-electron chi connectivity index (χ4n) is 1.91. The molecule has 0 spiro atoms. The Morgan fingerprint density at radius 2 is 1.85 bits per heavy atom. The number of Topliss-reactive ketones (excluding diaryl/α,β-unsaturated/α-hetero) is 1. The molecule has 1 aromatic carbocycles. The van der Waals surface area contributed by atoms with Crippen LogP contribution >= 0.6 is 0 Å².